The molecule has 45 heavy (non-hydrogen) atoms. The minimum atomic E-state index is -0.241. The van der Waals surface area contributed by atoms with Gasteiger partial charge < -0.3 is 25.2 Å². The first-order chi connectivity index (χ1) is 22.1. The van der Waals surface area contributed by atoms with Crippen molar-refractivity contribution in [2.24, 2.45) is 0 Å². The number of piperazine rings is 1. The Bertz CT molecular complexity index is 1750. The largest absolute Gasteiger partial charge is 0.495 e. The van der Waals surface area contributed by atoms with E-state index in [1.807, 2.05) is 97.1 Å². The maximum absolute atomic E-state index is 13.6. The number of hydrogen-bond donors (Lipinski definition) is 2. The van der Waals surface area contributed by atoms with E-state index in [0.29, 0.717) is 23.4 Å². The Kier molecular flexibility index (Phi) is 9.01. The molecule has 1 aliphatic heterocycles. The number of methoxy groups -OCH3 is 1. The van der Waals surface area contributed by atoms with Gasteiger partial charge in [0.2, 0.25) is 0 Å². The fraction of sp³-hybridized carbons (Fsp3) is 0.162. The highest BCUT2D eigenvalue weighted by atomic mass is 16.5. The lowest BCUT2D eigenvalue weighted by molar-refractivity contribution is 0.0950. The molecule has 8 nitrogen and oxygen atoms in total. The first kappa shape index (κ1) is 29.4. The van der Waals surface area contributed by atoms with Crippen LogP contribution in [0, 0.1) is 0 Å². The summed E-state index contributed by atoms with van der Waals surface area (Å²) >= 11 is 0. The molecule has 0 saturated carbocycles. The first-order valence-electron chi connectivity index (χ1n) is 15.0. The Morgan fingerprint density at radius 2 is 1.42 bits per heavy atom. The zero-order valence-electron chi connectivity index (χ0n) is 25.1. The number of rotatable bonds is 9. The summed E-state index contributed by atoms with van der Waals surface area (Å²) in [7, 11) is 1.69. The van der Waals surface area contributed by atoms with Gasteiger partial charge in [-0.2, -0.15) is 0 Å². The van der Waals surface area contributed by atoms with Gasteiger partial charge in [0.25, 0.3) is 11.8 Å². The predicted molar refractivity (Wildman–Crippen MR) is 179 cm³/mol. The van der Waals surface area contributed by atoms with E-state index in [0.717, 1.165) is 60.0 Å². The molecular formula is C37H35N5O3. The molecule has 1 fully saturated rings. The number of amides is 2. The molecule has 0 bridgehead atoms. The molecule has 2 amide bonds. The van der Waals surface area contributed by atoms with Gasteiger partial charge in [0.1, 0.15) is 5.75 Å². The molecule has 1 aliphatic rings. The zero-order chi connectivity index (χ0) is 31.0. The Hall–Kier alpha value is -5.63. The van der Waals surface area contributed by atoms with Gasteiger partial charge in [0, 0.05) is 62.1 Å². The molecule has 0 radical (unpaired) electrons. The third-order valence-electron chi connectivity index (χ3n) is 7.98. The molecule has 8 heteroatoms. The minimum Gasteiger partial charge on any atom is -0.495 e. The third-order valence-corrected chi connectivity index (χ3v) is 7.98. The van der Waals surface area contributed by atoms with Crippen molar-refractivity contribution in [1.29, 1.82) is 0 Å². The fourth-order valence-corrected chi connectivity index (χ4v) is 5.58. The highest BCUT2D eigenvalue weighted by Gasteiger charge is 2.24. The molecule has 0 atom stereocenters. The maximum Gasteiger partial charge on any atom is 0.255 e. The second-order valence-corrected chi connectivity index (χ2v) is 10.8. The molecule has 1 aromatic heterocycles. The first-order valence-corrected chi connectivity index (χ1v) is 15.0. The van der Waals surface area contributed by atoms with Crippen molar-refractivity contribution in [2.45, 2.75) is 6.54 Å². The lowest BCUT2D eigenvalue weighted by atomic mass is 10.0. The summed E-state index contributed by atoms with van der Waals surface area (Å²) in [5.41, 5.74) is 6.50. The number of anilines is 3. The van der Waals surface area contributed by atoms with Crippen molar-refractivity contribution < 1.29 is 14.3 Å². The van der Waals surface area contributed by atoms with E-state index in [4.69, 9.17) is 4.74 Å². The molecule has 0 unspecified atom stereocenters. The van der Waals surface area contributed by atoms with Gasteiger partial charge in [0.05, 0.1) is 18.4 Å². The van der Waals surface area contributed by atoms with Gasteiger partial charge in [-0.05, 0) is 65.2 Å². The van der Waals surface area contributed by atoms with Crippen LogP contribution in [0.4, 0.5) is 17.1 Å². The van der Waals surface area contributed by atoms with Crippen molar-refractivity contribution in [1.82, 2.24) is 10.3 Å². The van der Waals surface area contributed by atoms with Crippen LogP contribution in [0.5, 0.6) is 5.75 Å². The smallest absolute Gasteiger partial charge is 0.255 e. The van der Waals surface area contributed by atoms with Crippen molar-refractivity contribution in [3.63, 3.8) is 0 Å². The molecule has 0 spiro atoms. The molecule has 5 aromatic rings. The number of nitrogens with zero attached hydrogens (tertiary/aromatic N) is 3. The van der Waals surface area contributed by atoms with Crippen molar-refractivity contribution in [3.05, 3.63) is 138 Å². The summed E-state index contributed by atoms with van der Waals surface area (Å²) in [6.45, 7) is 3.34. The number of ether oxygens (including phenoxy) is 1. The Morgan fingerprint density at radius 3 is 2.13 bits per heavy atom. The van der Waals surface area contributed by atoms with Gasteiger partial charge in [-0.1, -0.05) is 60.7 Å². The van der Waals surface area contributed by atoms with Gasteiger partial charge >= 0.3 is 0 Å². The minimum absolute atomic E-state index is 0.218. The van der Waals surface area contributed by atoms with Crippen LogP contribution < -0.4 is 25.2 Å². The number of aromatic nitrogens is 1. The summed E-state index contributed by atoms with van der Waals surface area (Å²) in [4.78, 5) is 35.5. The lowest BCUT2D eigenvalue weighted by Gasteiger charge is -2.38. The van der Waals surface area contributed by atoms with Crippen molar-refractivity contribution in [2.75, 3.05) is 48.4 Å². The molecule has 2 heterocycles. The maximum atomic E-state index is 13.6. The highest BCUT2D eigenvalue weighted by Crippen LogP contribution is 2.31. The van der Waals surface area contributed by atoms with E-state index in [9.17, 15) is 9.59 Å². The Balaban J connectivity index is 1.20. The topological polar surface area (TPSA) is 86.8 Å². The number of nitrogens with one attached hydrogen (secondary N) is 2. The Labute approximate surface area is 263 Å². The molecule has 0 aliphatic carbocycles. The molecule has 2 N–H and O–H groups in total. The summed E-state index contributed by atoms with van der Waals surface area (Å²) in [6.07, 6.45) is 3.44. The van der Waals surface area contributed by atoms with Crippen LogP contribution in [-0.4, -0.2) is 50.1 Å². The molecule has 6 rings (SSSR count). The number of para-hydroxylation sites is 2. The molecule has 1 saturated heterocycles. The van der Waals surface area contributed by atoms with Gasteiger partial charge in [0.15, 0.2) is 0 Å². The third kappa shape index (κ3) is 6.96. The highest BCUT2D eigenvalue weighted by molar-refractivity contribution is 6.06. The van der Waals surface area contributed by atoms with Crippen molar-refractivity contribution >= 4 is 28.9 Å². The average Bonchev–Trinajstić information content (AvgIpc) is 3.11. The van der Waals surface area contributed by atoms with Crippen LogP contribution in [0.2, 0.25) is 0 Å². The van der Waals surface area contributed by atoms with E-state index < -0.39 is 0 Å². The molecular weight excluding hydrogens is 562 g/mol. The number of benzene rings is 4. The lowest BCUT2D eigenvalue weighted by Crippen LogP contribution is -2.47. The van der Waals surface area contributed by atoms with E-state index in [1.165, 1.54) is 0 Å². The second-order valence-electron chi connectivity index (χ2n) is 10.8. The molecule has 226 valence electrons. The van der Waals surface area contributed by atoms with E-state index in [-0.39, 0.29) is 11.8 Å². The predicted octanol–water partition coefficient (Wildman–Crippen LogP) is 6.27. The number of hydrogen-bond acceptors (Lipinski definition) is 6. The van der Waals surface area contributed by atoms with Gasteiger partial charge in [-0.25, -0.2) is 0 Å². The summed E-state index contributed by atoms with van der Waals surface area (Å²) in [5.74, 6) is 0.384. The summed E-state index contributed by atoms with van der Waals surface area (Å²) in [5, 5.41) is 6.02. The monoisotopic (exact) mass is 597 g/mol. The summed E-state index contributed by atoms with van der Waals surface area (Å²) < 4.78 is 5.58. The normalized spacial score (nSPS) is 12.8. The zero-order valence-corrected chi connectivity index (χ0v) is 25.1. The van der Waals surface area contributed by atoms with E-state index in [1.54, 1.807) is 25.6 Å². The van der Waals surface area contributed by atoms with E-state index >= 15 is 0 Å². The standard InChI is InChI=1S/C37H35N5O3/c1-45-35-12-6-5-11-34(35)42-22-20-41(21-23-42)33-18-17-31(24-32(33)37(44)39-26-27-8-7-19-38-25-27)40-36(43)30-15-13-29(14-16-30)28-9-3-2-4-10-28/h2-19,24-25H,20-23,26H2,1H3,(H,39,44)(H,40,43). The van der Waals surface area contributed by atoms with E-state index in [2.05, 4.69) is 31.5 Å². The second kappa shape index (κ2) is 13.8. The van der Waals surface area contributed by atoms with Crippen LogP contribution in [-0.2, 0) is 6.54 Å². The Morgan fingerprint density at radius 1 is 0.733 bits per heavy atom. The van der Waals surface area contributed by atoms with Crippen LogP contribution in [0.15, 0.2) is 122 Å². The van der Waals surface area contributed by atoms with Crippen LogP contribution >= 0.6 is 0 Å². The van der Waals surface area contributed by atoms with Gasteiger partial charge in [-0.3, -0.25) is 14.6 Å². The SMILES string of the molecule is COc1ccccc1N1CCN(c2ccc(NC(=O)c3ccc(-c4ccccc4)cc3)cc2C(=O)NCc2cccnc2)CC1. The van der Waals surface area contributed by atoms with Crippen LogP contribution in [0.3, 0.4) is 0 Å². The average molecular weight is 598 g/mol. The molecule has 4 aromatic carbocycles. The van der Waals surface area contributed by atoms with Crippen molar-refractivity contribution in [3.8, 4) is 16.9 Å². The summed E-state index contributed by atoms with van der Waals surface area (Å²) in [6, 6.07) is 34.9. The van der Waals surface area contributed by atoms with Crippen LogP contribution in [0.25, 0.3) is 11.1 Å². The number of carbonyl (C=O) groups is 2. The number of carbonyl (C=O) groups excluding carboxylic acids is 2. The van der Waals surface area contributed by atoms with Crippen LogP contribution in [0.1, 0.15) is 26.3 Å². The quantitative estimate of drug-likeness (QED) is 0.208. The fourth-order valence-electron chi connectivity index (χ4n) is 5.58. The number of pyridine rings is 1. The van der Waals surface area contributed by atoms with Gasteiger partial charge in [-0.15, -0.1) is 0 Å².